The molecule has 2 aromatic carbocycles. The van der Waals surface area contributed by atoms with Crippen LogP contribution in [0.1, 0.15) is 11.3 Å². The maximum absolute atomic E-state index is 5.36. The summed E-state index contributed by atoms with van der Waals surface area (Å²) in [7, 11) is 4.91. The Bertz CT molecular complexity index is 834. The van der Waals surface area contributed by atoms with Crippen molar-refractivity contribution in [3.8, 4) is 17.2 Å². The fourth-order valence-corrected chi connectivity index (χ4v) is 2.54. The van der Waals surface area contributed by atoms with Crippen LogP contribution in [0.25, 0.3) is 10.9 Å². The van der Waals surface area contributed by atoms with Crippen LogP contribution in [0.3, 0.4) is 0 Å². The lowest BCUT2D eigenvalue weighted by Gasteiger charge is -2.10. The van der Waals surface area contributed by atoms with Crippen molar-refractivity contribution in [2.75, 3.05) is 21.3 Å². The summed E-state index contributed by atoms with van der Waals surface area (Å²) in [5, 5.41) is 0.988. The molecule has 0 N–H and O–H groups in total. The molecule has 3 rings (SSSR count). The van der Waals surface area contributed by atoms with Crippen molar-refractivity contribution in [1.82, 2.24) is 9.97 Å². The summed E-state index contributed by atoms with van der Waals surface area (Å²) >= 11 is 0. The van der Waals surface area contributed by atoms with Crippen LogP contribution in [-0.2, 0) is 6.42 Å². The summed E-state index contributed by atoms with van der Waals surface area (Å²) in [6.45, 7) is 0. The molecule has 0 aliphatic heterocycles. The van der Waals surface area contributed by atoms with Gasteiger partial charge in [0, 0.05) is 11.8 Å². The SMILES string of the molecule is COc1ccc2ncnc(Cc3ccc(OC)c(OC)c3)c2c1. The Balaban J connectivity index is 2.01. The lowest BCUT2D eigenvalue weighted by atomic mass is 10.0. The molecule has 0 saturated heterocycles. The van der Waals surface area contributed by atoms with E-state index in [2.05, 4.69) is 9.97 Å². The van der Waals surface area contributed by atoms with E-state index in [1.165, 1.54) is 0 Å². The van der Waals surface area contributed by atoms with E-state index in [1.54, 1.807) is 27.7 Å². The number of benzene rings is 2. The summed E-state index contributed by atoms with van der Waals surface area (Å²) in [6.07, 6.45) is 2.26. The quantitative estimate of drug-likeness (QED) is 0.724. The van der Waals surface area contributed by atoms with Crippen LogP contribution >= 0.6 is 0 Å². The van der Waals surface area contributed by atoms with Gasteiger partial charge in [0.05, 0.1) is 32.5 Å². The zero-order valence-corrected chi connectivity index (χ0v) is 13.4. The van der Waals surface area contributed by atoms with Gasteiger partial charge in [-0.05, 0) is 35.9 Å². The van der Waals surface area contributed by atoms with Crippen LogP contribution < -0.4 is 14.2 Å². The van der Waals surface area contributed by atoms with Crippen molar-refractivity contribution in [2.24, 2.45) is 0 Å². The van der Waals surface area contributed by atoms with Gasteiger partial charge in [0.25, 0.3) is 0 Å². The number of hydrogen-bond acceptors (Lipinski definition) is 5. The molecule has 1 heterocycles. The third-order valence-corrected chi connectivity index (χ3v) is 3.74. The van der Waals surface area contributed by atoms with Crippen LogP contribution in [0.5, 0.6) is 17.2 Å². The molecule has 3 aromatic rings. The van der Waals surface area contributed by atoms with Crippen molar-refractivity contribution < 1.29 is 14.2 Å². The fraction of sp³-hybridized carbons (Fsp3) is 0.222. The van der Waals surface area contributed by atoms with Gasteiger partial charge in [-0.2, -0.15) is 0 Å². The largest absolute Gasteiger partial charge is 0.497 e. The van der Waals surface area contributed by atoms with Gasteiger partial charge in [-0.15, -0.1) is 0 Å². The second kappa shape index (κ2) is 6.52. The smallest absolute Gasteiger partial charge is 0.160 e. The van der Waals surface area contributed by atoms with E-state index in [4.69, 9.17) is 14.2 Å². The Morgan fingerprint density at radius 3 is 2.39 bits per heavy atom. The van der Waals surface area contributed by atoms with Gasteiger partial charge in [-0.1, -0.05) is 6.07 Å². The predicted molar refractivity (Wildman–Crippen MR) is 88.4 cm³/mol. The van der Waals surface area contributed by atoms with Gasteiger partial charge >= 0.3 is 0 Å². The first-order valence-electron chi connectivity index (χ1n) is 7.23. The van der Waals surface area contributed by atoms with Crippen LogP contribution in [0.4, 0.5) is 0 Å². The van der Waals surface area contributed by atoms with Crippen molar-refractivity contribution >= 4 is 10.9 Å². The number of aromatic nitrogens is 2. The maximum atomic E-state index is 5.36. The number of rotatable bonds is 5. The van der Waals surface area contributed by atoms with Gasteiger partial charge in [0.15, 0.2) is 11.5 Å². The molecule has 0 atom stereocenters. The highest BCUT2D eigenvalue weighted by Gasteiger charge is 2.09. The minimum absolute atomic E-state index is 0.673. The first kappa shape index (κ1) is 15.1. The Hall–Kier alpha value is -2.82. The minimum Gasteiger partial charge on any atom is -0.497 e. The Morgan fingerprint density at radius 1 is 0.826 bits per heavy atom. The van der Waals surface area contributed by atoms with Crippen LogP contribution in [0.15, 0.2) is 42.7 Å². The second-order valence-electron chi connectivity index (χ2n) is 5.07. The molecule has 5 nitrogen and oxygen atoms in total. The number of methoxy groups -OCH3 is 3. The van der Waals surface area contributed by atoms with E-state index >= 15 is 0 Å². The topological polar surface area (TPSA) is 53.5 Å². The highest BCUT2D eigenvalue weighted by Crippen LogP contribution is 2.29. The van der Waals surface area contributed by atoms with E-state index < -0.39 is 0 Å². The average Bonchev–Trinajstić information content (AvgIpc) is 2.61. The second-order valence-corrected chi connectivity index (χ2v) is 5.07. The molecule has 0 aliphatic rings. The normalized spacial score (nSPS) is 10.6. The van der Waals surface area contributed by atoms with Crippen LogP contribution in [-0.4, -0.2) is 31.3 Å². The molecular formula is C18H18N2O3. The molecule has 0 saturated carbocycles. The van der Waals surface area contributed by atoms with Gasteiger partial charge in [0.1, 0.15) is 12.1 Å². The number of hydrogen-bond donors (Lipinski definition) is 0. The monoisotopic (exact) mass is 310 g/mol. The standard InChI is InChI=1S/C18H18N2O3/c1-21-13-5-6-15-14(10-13)16(20-11-19-15)8-12-4-7-17(22-2)18(9-12)23-3/h4-7,9-11H,8H2,1-3H3. The van der Waals surface area contributed by atoms with E-state index in [1.807, 2.05) is 36.4 Å². The van der Waals surface area contributed by atoms with Gasteiger partial charge in [-0.25, -0.2) is 9.97 Å². The summed E-state index contributed by atoms with van der Waals surface area (Å²) < 4.78 is 15.9. The average molecular weight is 310 g/mol. The molecule has 0 spiro atoms. The molecule has 0 bridgehead atoms. The molecule has 23 heavy (non-hydrogen) atoms. The van der Waals surface area contributed by atoms with Crippen molar-refractivity contribution in [2.45, 2.75) is 6.42 Å². The van der Waals surface area contributed by atoms with Gasteiger partial charge < -0.3 is 14.2 Å². The maximum Gasteiger partial charge on any atom is 0.160 e. The highest BCUT2D eigenvalue weighted by molar-refractivity contribution is 5.82. The molecule has 0 unspecified atom stereocenters. The van der Waals surface area contributed by atoms with Crippen molar-refractivity contribution in [3.63, 3.8) is 0 Å². The summed E-state index contributed by atoms with van der Waals surface area (Å²) in [6, 6.07) is 11.7. The van der Waals surface area contributed by atoms with Gasteiger partial charge in [-0.3, -0.25) is 0 Å². The van der Waals surface area contributed by atoms with E-state index in [9.17, 15) is 0 Å². The van der Waals surface area contributed by atoms with E-state index in [0.717, 1.165) is 27.9 Å². The lowest BCUT2D eigenvalue weighted by molar-refractivity contribution is 0.354. The molecule has 0 fully saturated rings. The zero-order chi connectivity index (χ0) is 16.2. The van der Waals surface area contributed by atoms with E-state index in [-0.39, 0.29) is 0 Å². The molecule has 1 aromatic heterocycles. The number of nitrogens with zero attached hydrogens (tertiary/aromatic N) is 2. The lowest BCUT2D eigenvalue weighted by Crippen LogP contribution is -1.98. The first-order chi connectivity index (χ1) is 11.2. The summed E-state index contributed by atoms with van der Waals surface area (Å²) in [5.41, 5.74) is 2.93. The Morgan fingerprint density at radius 2 is 1.65 bits per heavy atom. The molecule has 118 valence electrons. The van der Waals surface area contributed by atoms with Crippen molar-refractivity contribution in [3.05, 3.63) is 54.0 Å². The van der Waals surface area contributed by atoms with Crippen LogP contribution in [0.2, 0.25) is 0 Å². The predicted octanol–water partition coefficient (Wildman–Crippen LogP) is 3.25. The fourth-order valence-electron chi connectivity index (χ4n) is 2.54. The summed E-state index contributed by atoms with van der Waals surface area (Å²) in [4.78, 5) is 8.75. The number of ether oxygens (including phenoxy) is 3. The molecule has 0 radical (unpaired) electrons. The first-order valence-corrected chi connectivity index (χ1v) is 7.23. The van der Waals surface area contributed by atoms with Gasteiger partial charge in [0.2, 0.25) is 0 Å². The molecule has 5 heteroatoms. The Kier molecular flexibility index (Phi) is 4.28. The van der Waals surface area contributed by atoms with Crippen molar-refractivity contribution in [1.29, 1.82) is 0 Å². The molecular weight excluding hydrogens is 292 g/mol. The third kappa shape index (κ3) is 3.04. The third-order valence-electron chi connectivity index (χ3n) is 3.74. The zero-order valence-electron chi connectivity index (χ0n) is 13.4. The number of fused-ring (bicyclic) bond motifs is 1. The van der Waals surface area contributed by atoms with E-state index in [0.29, 0.717) is 17.9 Å². The minimum atomic E-state index is 0.673. The summed E-state index contributed by atoms with van der Waals surface area (Å²) in [5.74, 6) is 2.22. The Labute approximate surface area is 134 Å². The molecule has 0 aliphatic carbocycles. The van der Waals surface area contributed by atoms with Crippen LogP contribution in [0, 0.1) is 0 Å². The molecule has 0 amide bonds. The highest BCUT2D eigenvalue weighted by atomic mass is 16.5.